The number of hydrogen-bond acceptors (Lipinski definition) is 3. The van der Waals surface area contributed by atoms with Crippen molar-refractivity contribution >= 4 is 17.6 Å². The number of guanidine groups is 1. The van der Waals surface area contributed by atoms with Crippen molar-refractivity contribution in [1.82, 2.24) is 10.6 Å². The number of rotatable bonds is 8. The molecule has 0 aromatic heterocycles. The van der Waals surface area contributed by atoms with E-state index in [0.717, 1.165) is 31.2 Å². The Morgan fingerprint density at radius 1 is 1.19 bits per heavy atom. The largest absolute Gasteiger partial charge is 0.379 e. The number of nitrogens with one attached hydrogen (secondary N) is 3. The van der Waals surface area contributed by atoms with Crippen LogP contribution in [0.3, 0.4) is 0 Å². The highest BCUT2D eigenvalue weighted by Crippen LogP contribution is 2.21. The number of methoxy groups -OCH3 is 1. The van der Waals surface area contributed by atoms with Crippen LogP contribution in [0, 0.1) is 5.41 Å². The Hall–Kier alpha value is -2.08. The lowest BCUT2D eigenvalue weighted by Crippen LogP contribution is -2.40. The zero-order chi connectivity index (χ0) is 19.6. The fourth-order valence-electron chi connectivity index (χ4n) is 2.50. The minimum absolute atomic E-state index is 0.0469. The minimum atomic E-state index is -0.0597. The van der Waals surface area contributed by atoms with Crippen LogP contribution in [-0.2, 0) is 16.0 Å². The molecule has 0 bridgehead atoms. The normalized spacial score (nSPS) is 13.2. The first-order valence-electron chi connectivity index (χ1n) is 9.17. The topological polar surface area (TPSA) is 74.8 Å². The molecule has 0 aliphatic carbocycles. The Kier molecular flexibility index (Phi) is 9.13. The molecule has 0 saturated carbocycles. The van der Waals surface area contributed by atoms with E-state index in [1.54, 1.807) is 7.11 Å². The van der Waals surface area contributed by atoms with Crippen LogP contribution in [0.4, 0.5) is 5.69 Å². The quantitative estimate of drug-likeness (QED) is 0.491. The first kappa shape index (κ1) is 22.0. The van der Waals surface area contributed by atoms with Gasteiger partial charge in [-0.25, -0.2) is 0 Å². The van der Waals surface area contributed by atoms with Gasteiger partial charge in [-0.1, -0.05) is 32.9 Å². The lowest BCUT2D eigenvalue weighted by atomic mass is 9.89. The second-order valence-electron chi connectivity index (χ2n) is 7.36. The Bertz CT molecular complexity index is 576. The zero-order valence-corrected chi connectivity index (χ0v) is 17.0. The van der Waals surface area contributed by atoms with E-state index in [1.165, 1.54) is 12.5 Å². The van der Waals surface area contributed by atoms with Crippen molar-refractivity contribution in [3.8, 4) is 0 Å². The van der Waals surface area contributed by atoms with Gasteiger partial charge in [-0.15, -0.1) is 0 Å². The minimum Gasteiger partial charge on any atom is -0.379 e. The summed E-state index contributed by atoms with van der Waals surface area (Å²) in [5.41, 5.74) is 2.06. The number of nitrogens with zero attached hydrogens (tertiary/aromatic N) is 1. The second kappa shape index (κ2) is 10.8. The van der Waals surface area contributed by atoms with Crippen LogP contribution in [0.1, 0.15) is 40.2 Å². The molecule has 1 atom stereocenters. The van der Waals surface area contributed by atoms with Gasteiger partial charge in [0.25, 0.3) is 0 Å². The highest BCUT2D eigenvalue weighted by atomic mass is 16.5. The van der Waals surface area contributed by atoms with Crippen molar-refractivity contribution < 1.29 is 9.53 Å². The van der Waals surface area contributed by atoms with E-state index in [-0.39, 0.29) is 17.4 Å². The predicted molar refractivity (Wildman–Crippen MR) is 109 cm³/mol. The number of carbonyl (C=O) groups excluding carboxylic acids is 1. The number of aliphatic imine (C=N–C) groups is 1. The van der Waals surface area contributed by atoms with Crippen LogP contribution >= 0.6 is 0 Å². The summed E-state index contributed by atoms with van der Waals surface area (Å²) in [5.74, 6) is 0.740. The number of amides is 1. The summed E-state index contributed by atoms with van der Waals surface area (Å²) in [7, 11) is 1.73. The lowest BCUT2D eigenvalue weighted by Gasteiger charge is -2.28. The lowest BCUT2D eigenvalue weighted by molar-refractivity contribution is -0.114. The SMILES string of the molecule is CCNC(=NCC(OC)C(C)(C)C)NCCc1ccc(NC(C)=O)cc1. The van der Waals surface area contributed by atoms with E-state index in [9.17, 15) is 4.79 Å². The highest BCUT2D eigenvalue weighted by Gasteiger charge is 2.24. The fourth-order valence-corrected chi connectivity index (χ4v) is 2.50. The van der Waals surface area contributed by atoms with Crippen molar-refractivity contribution in [1.29, 1.82) is 0 Å². The molecule has 1 rings (SSSR count). The van der Waals surface area contributed by atoms with Crippen molar-refractivity contribution in [2.24, 2.45) is 10.4 Å². The maximum atomic E-state index is 11.0. The summed E-state index contributed by atoms with van der Waals surface area (Å²) < 4.78 is 5.56. The predicted octanol–water partition coefficient (Wildman–Crippen LogP) is 2.80. The third-order valence-electron chi connectivity index (χ3n) is 3.99. The van der Waals surface area contributed by atoms with Crippen LogP contribution < -0.4 is 16.0 Å². The molecule has 0 spiro atoms. The molecule has 0 fully saturated rings. The fraction of sp³-hybridized carbons (Fsp3) is 0.600. The number of hydrogen-bond donors (Lipinski definition) is 3. The molecule has 0 saturated heterocycles. The molecule has 0 aliphatic rings. The maximum Gasteiger partial charge on any atom is 0.221 e. The summed E-state index contributed by atoms with van der Waals surface area (Å²) >= 11 is 0. The van der Waals surface area contributed by atoms with E-state index in [0.29, 0.717) is 6.54 Å². The summed E-state index contributed by atoms with van der Waals surface area (Å²) in [4.78, 5) is 15.7. The monoisotopic (exact) mass is 362 g/mol. The average Bonchev–Trinajstić information content (AvgIpc) is 2.55. The first-order chi connectivity index (χ1) is 12.3. The van der Waals surface area contributed by atoms with Gasteiger partial charge in [-0.3, -0.25) is 9.79 Å². The number of ether oxygens (including phenoxy) is 1. The zero-order valence-electron chi connectivity index (χ0n) is 17.0. The molecule has 1 amide bonds. The van der Waals surface area contributed by atoms with E-state index >= 15 is 0 Å². The first-order valence-corrected chi connectivity index (χ1v) is 9.17. The van der Waals surface area contributed by atoms with Gasteiger partial charge in [0, 0.05) is 32.8 Å². The number of benzene rings is 1. The maximum absolute atomic E-state index is 11.0. The number of anilines is 1. The third kappa shape index (κ3) is 8.34. The number of carbonyl (C=O) groups is 1. The summed E-state index contributed by atoms with van der Waals surface area (Å²) in [6.07, 6.45) is 0.942. The van der Waals surface area contributed by atoms with Gasteiger partial charge < -0.3 is 20.7 Å². The van der Waals surface area contributed by atoms with Crippen LogP contribution in [0.25, 0.3) is 0 Å². The van der Waals surface area contributed by atoms with E-state index in [2.05, 4.69) is 48.6 Å². The van der Waals surface area contributed by atoms with E-state index in [4.69, 9.17) is 4.74 Å². The third-order valence-corrected chi connectivity index (χ3v) is 3.99. The van der Waals surface area contributed by atoms with Crippen LogP contribution in [0.15, 0.2) is 29.3 Å². The molecular weight excluding hydrogens is 328 g/mol. The molecule has 0 heterocycles. The van der Waals surface area contributed by atoms with Gasteiger partial charge in [0.05, 0.1) is 12.6 Å². The summed E-state index contributed by atoms with van der Waals surface area (Å²) in [6.45, 7) is 12.2. The Balaban J connectivity index is 2.55. The van der Waals surface area contributed by atoms with Crippen LogP contribution in [-0.4, -0.2) is 44.7 Å². The van der Waals surface area contributed by atoms with Crippen molar-refractivity contribution in [2.45, 2.75) is 47.1 Å². The molecule has 1 unspecified atom stereocenters. The molecule has 1 aromatic carbocycles. The van der Waals surface area contributed by atoms with Crippen molar-refractivity contribution in [3.05, 3.63) is 29.8 Å². The Labute approximate surface area is 157 Å². The van der Waals surface area contributed by atoms with Gasteiger partial charge in [0.15, 0.2) is 5.96 Å². The summed E-state index contributed by atoms with van der Waals surface area (Å²) in [5, 5.41) is 9.40. The van der Waals surface area contributed by atoms with Crippen molar-refractivity contribution in [3.63, 3.8) is 0 Å². The smallest absolute Gasteiger partial charge is 0.221 e. The van der Waals surface area contributed by atoms with Crippen LogP contribution in [0.2, 0.25) is 0 Å². The summed E-state index contributed by atoms with van der Waals surface area (Å²) in [6, 6.07) is 7.89. The van der Waals surface area contributed by atoms with Gasteiger partial charge in [-0.2, -0.15) is 0 Å². The Morgan fingerprint density at radius 2 is 1.85 bits per heavy atom. The van der Waals surface area contributed by atoms with Crippen LogP contribution in [0.5, 0.6) is 0 Å². The second-order valence-corrected chi connectivity index (χ2v) is 7.36. The molecule has 26 heavy (non-hydrogen) atoms. The molecular formula is C20H34N4O2. The van der Waals surface area contributed by atoms with E-state index < -0.39 is 0 Å². The molecule has 1 aromatic rings. The van der Waals surface area contributed by atoms with Gasteiger partial charge >= 0.3 is 0 Å². The standard InChI is InChI=1S/C20H34N4O2/c1-7-21-19(23-14-18(26-6)20(3,4)5)22-13-12-16-8-10-17(11-9-16)24-15(2)25/h8-11,18H,7,12-14H2,1-6H3,(H,24,25)(H2,21,22,23). The molecule has 3 N–H and O–H groups in total. The van der Waals surface area contributed by atoms with Gasteiger partial charge in [0.2, 0.25) is 5.91 Å². The van der Waals surface area contributed by atoms with Crippen molar-refractivity contribution in [2.75, 3.05) is 32.1 Å². The molecule has 0 aliphatic heterocycles. The molecule has 6 heteroatoms. The molecule has 146 valence electrons. The molecule has 6 nitrogen and oxygen atoms in total. The molecule has 0 radical (unpaired) electrons. The Morgan fingerprint density at radius 3 is 2.35 bits per heavy atom. The van der Waals surface area contributed by atoms with Gasteiger partial charge in [-0.05, 0) is 36.5 Å². The van der Waals surface area contributed by atoms with Gasteiger partial charge in [0.1, 0.15) is 0 Å². The average molecular weight is 363 g/mol. The highest BCUT2D eigenvalue weighted by molar-refractivity contribution is 5.88. The van der Waals surface area contributed by atoms with E-state index in [1.807, 2.05) is 24.3 Å².